The fourth-order valence-corrected chi connectivity index (χ4v) is 0.753. The van der Waals surface area contributed by atoms with Gasteiger partial charge in [0, 0.05) is 6.20 Å². The molecule has 0 saturated carbocycles. The zero-order chi connectivity index (χ0) is 10.1. The Balaban J connectivity index is 3.32. The molecule has 1 aromatic heterocycles. The minimum Gasteiger partial charge on any atom is -0.314 e. The number of nitrogens with one attached hydrogen (secondary N) is 2. The van der Waals surface area contributed by atoms with E-state index in [1.165, 1.54) is 0 Å². The SMILES string of the molecule is O=c1[nH]cc(C(F)(F)CF)c(=O)[nH]1. The Morgan fingerprint density at radius 1 is 1.38 bits per heavy atom. The lowest BCUT2D eigenvalue weighted by Gasteiger charge is -2.09. The molecular formula is C6H5F3N2O2. The van der Waals surface area contributed by atoms with Crippen molar-refractivity contribution in [3.63, 3.8) is 0 Å². The van der Waals surface area contributed by atoms with E-state index in [-0.39, 0.29) is 0 Å². The number of halogens is 3. The maximum Gasteiger partial charge on any atom is 0.325 e. The molecule has 0 aromatic carbocycles. The minimum atomic E-state index is -3.86. The van der Waals surface area contributed by atoms with Gasteiger partial charge in [-0.25, -0.2) is 9.18 Å². The molecule has 0 aliphatic rings. The van der Waals surface area contributed by atoms with Crippen molar-refractivity contribution < 1.29 is 13.2 Å². The molecule has 0 atom stereocenters. The fraction of sp³-hybridized carbons (Fsp3) is 0.333. The molecule has 0 unspecified atom stereocenters. The first-order chi connectivity index (χ1) is 5.97. The second-order valence-electron chi connectivity index (χ2n) is 2.32. The van der Waals surface area contributed by atoms with Gasteiger partial charge < -0.3 is 4.98 Å². The van der Waals surface area contributed by atoms with Gasteiger partial charge in [0.15, 0.2) is 6.67 Å². The molecule has 0 amide bonds. The van der Waals surface area contributed by atoms with Crippen LogP contribution in [-0.2, 0) is 5.92 Å². The zero-order valence-corrected chi connectivity index (χ0v) is 6.23. The van der Waals surface area contributed by atoms with Crippen LogP contribution in [0.15, 0.2) is 15.8 Å². The summed E-state index contributed by atoms with van der Waals surface area (Å²) >= 11 is 0. The van der Waals surface area contributed by atoms with Crippen LogP contribution in [0.2, 0.25) is 0 Å². The number of aromatic amines is 2. The van der Waals surface area contributed by atoms with Gasteiger partial charge in [-0.05, 0) is 0 Å². The van der Waals surface area contributed by atoms with Crippen LogP contribution in [-0.4, -0.2) is 16.6 Å². The molecule has 1 rings (SSSR count). The smallest absolute Gasteiger partial charge is 0.314 e. The van der Waals surface area contributed by atoms with Gasteiger partial charge in [0.05, 0.1) is 0 Å². The van der Waals surface area contributed by atoms with Crippen LogP contribution in [0.4, 0.5) is 13.2 Å². The summed E-state index contributed by atoms with van der Waals surface area (Å²) in [7, 11) is 0. The monoisotopic (exact) mass is 194 g/mol. The number of aromatic nitrogens is 2. The molecule has 7 heteroatoms. The van der Waals surface area contributed by atoms with Crippen molar-refractivity contribution in [1.29, 1.82) is 0 Å². The molecule has 1 aromatic rings. The lowest BCUT2D eigenvalue weighted by molar-refractivity contribution is -0.0297. The van der Waals surface area contributed by atoms with Crippen LogP contribution in [0.5, 0.6) is 0 Å². The summed E-state index contributed by atoms with van der Waals surface area (Å²) < 4.78 is 36.9. The van der Waals surface area contributed by atoms with Crippen LogP contribution in [0, 0.1) is 0 Å². The van der Waals surface area contributed by atoms with E-state index in [0.717, 1.165) is 0 Å². The predicted molar refractivity (Wildman–Crippen MR) is 37.6 cm³/mol. The van der Waals surface area contributed by atoms with E-state index in [1.54, 1.807) is 4.98 Å². The number of hydrogen-bond donors (Lipinski definition) is 2. The van der Waals surface area contributed by atoms with Crippen LogP contribution in [0.3, 0.4) is 0 Å². The van der Waals surface area contributed by atoms with Crippen molar-refractivity contribution in [2.75, 3.05) is 6.67 Å². The summed E-state index contributed by atoms with van der Waals surface area (Å²) in [6.45, 7) is -1.98. The maximum atomic E-state index is 12.6. The van der Waals surface area contributed by atoms with Gasteiger partial charge in [-0.2, -0.15) is 8.78 Å². The Hall–Kier alpha value is -1.53. The molecule has 0 spiro atoms. The third kappa shape index (κ3) is 1.79. The Morgan fingerprint density at radius 2 is 2.00 bits per heavy atom. The van der Waals surface area contributed by atoms with E-state index in [4.69, 9.17) is 0 Å². The molecule has 0 bridgehead atoms. The fourth-order valence-electron chi connectivity index (χ4n) is 0.753. The first-order valence-corrected chi connectivity index (χ1v) is 3.23. The summed E-state index contributed by atoms with van der Waals surface area (Å²) in [6.07, 6.45) is 0.501. The van der Waals surface area contributed by atoms with E-state index in [9.17, 15) is 22.8 Å². The van der Waals surface area contributed by atoms with E-state index >= 15 is 0 Å². The topological polar surface area (TPSA) is 65.7 Å². The maximum absolute atomic E-state index is 12.6. The van der Waals surface area contributed by atoms with Crippen LogP contribution in [0.25, 0.3) is 0 Å². The minimum absolute atomic E-state index is 0.501. The van der Waals surface area contributed by atoms with E-state index in [0.29, 0.717) is 6.20 Å². The molecule has 0 saturated heterocycles. The van der Waals surface area contributed by atoms with Gasteiger partial charge in [0.1, 0.15) is 5.56 Å². The highest BCUT2D eigenvalue weighted by atomic mass is 19.3. The molecule has 0 aliphatic carbocycles. The second-order valence-corrected chi connectivity index (χ2v) is 2.32. The highest BCUT2D eigenvalue weighted by Gasteiger charge is 2.34. The molecule has 4 nitrogen and oxygen atoms in total. The molecular weight excluding hydrogens is 189 g/mol. The number of alkyl halides is 3. The highest BCUT2D eigenvalue weighted by molar-refractivity contribution is 5.10. The zero-order valence-electron chi connectivity index (χ0n) is 6.23. The summed E-state index contributed by atoms with van der Waals surface area (Å²) in [5, 5.41) is 0. The van der Waals surface area contributed by atoms with Crippen molar-refractivity contribution in [3.05, 3.63) is 32.6 Å². The van der Waals surface area contributed by atoms with Gasteiger partial charge >= 0.3 is 11.6 Å². The van der Waals surface area contributed by atoms with E-state index < -0.39 is 29.4 Å². The van der Waals surface area contributed by atoms with Gasteiger partial charge in [-0.3, -0.25) is 9.78 Å². The van der Waals surface area contributed by atoms with Crippen LogP contribution < -0.4 is 11.2 Å². The first kappa shape index (κ1) is 9.56. The quantitative estimate of drug-likeness (QED) is 0.702. The molecule has 0 radical (unpaired) electrons. The predicted octanol–water partition coefficient (Wildman–Crippen LogP) is 0.124. The molecule has 0 aliphatic heterocycles. The normalized spacial score (nSPS) is 11.6. The molecule has 13 heavy (non-hydrogen) atoms. The van der Waals surface area contributed by atoms with Crippen molar-refractivity contribution in [1.82, 2.24) is 9.97 Å². The van der Waals surface area contributed by atoms with Crippen LogP contribution in [0.1, 0.15) is 5.56 Å². The summed E-state index contributed by atoms with van der Waals surface area (Å²) in [5.74, 6) is -3.86. The average Bonchev–Trinajstić information content (AvgIpc) is 2.03. The Morgan fingerprint density at radius 3 is 2.46 bits per heavy atom. The van der Waals surface area contributed by atoms with E-state index in [1.807, 2.05) is 4.98 Å². The first-order valence-electron chi connectivity index (χ1n) is 3.23. The second kappa shape index (κ2) is 3.08. The Labute approximate surface area is 69.4 Å². The third-order valence-corrected chi connectivity index (χ3v) is 1.38. The van der Waals surface area contributed by atoms with Gasteiger partial charge in [-0.15, -0.1) is 0 Å². The summed E-state index contributed by atoms with van der Waals surface area (Å²) in [6, 6.07) is 0. The van der Waals surface area contributed by atoms with Gasteiger partial charge in [0.2, 0.25) is 0 Å². The van der Waals surface area contributed by atoms with Crippen molar-refractivity contribution in [3.8, 4) is 0 Å². The summed E-state index contributed by atoms with van der Waals surface area (Å²) in [4.78, 5) is 24.5. The number of H-pyrrole nitrogens is 2. The van der Waals surface area contributed by atoms with Crippen molar-refractivity contribution in [2.24, 2.45) is 0 Å². The number of rotatable bonds is 2. The molecule has 2 N–H and O–H groups in total. The molecule has 72 valence electrons. The third-order valence-electron chi connectivity index (χ3n) is 1.38. The Kier molecular flexibility index (Phi) is 2.26. The largest absolute Gasteiger partial charge is 0.325 e. The van der Waals surface area contributed by atoms with E-state index in [2.05, 4.69) is 0 Å². The average molecular weight is 194 g/mol. The highest BCUT2D eigenvalue weighted by Crippen LogP contribution is 2.24. The summed E-state index contributed by atoms with van der Waals surface area (Å²) in [5.41, 5.74) is -3.29. The molecule has 0 fully saturated rings. The molecule has 1 heterocycles. The lowest BCUT2D eigenvalue weighted by Crippen LogP contribution is -2.32. The lowest BCUT2D eigenvalue weighted by atomic mass is 10.2. The van der Waals surface area contributed by atoms with Gasteiger partial charge in [0.25, 0.3) is 5.56 Å². The Bertz CT molecular complexity index is 409. The van der Waals surface area contributed by atoms with Gasteiger partial charge in [-0.1, -0.05) is 0 Å². The van der Waals surface area contributed by atoms with Crippen molar-refractivity contribution in [2.45, 2.75) is 5.92 Å². The number of hydrogen-bond acceptors (Lipinski definition) is 2. The standard InChI is InChI=1S/C6H5F3N2O2/c7-2-6(8,9)3-1-10-5(13)11-4(3)12/h1H,2H2,(H2,10,11,12,13). The van der Waals surface area contributed by atoms with Crippen molar-refractivity contribution >= 4 is 0 Å². The van der Waals surface area contributed by atoms with Crippen LogP contribution >= 0.6 is 0 Å².